The Labute approximate surface area is 122 Å². The van der Waals surface area contributed by atoms with Gasteiger partial charge in [-0.3, -0.25) is 9.48 Å². The number of nitrogens with one attached hydrogen (secondary N) is 1. The molecule has 0 atom stereocenters. The molecule has 0 fully saturated rings. The summed E-state index contributed by atoms with van der Waals surface area (Å²) in [5.74, 6) is -0.253. The largest absolute Gasteiger partial charge is 0.396 e. The molecule has 1 amide bonds. The second-order valence-electron chi connectivity index (χ2n) is 4.42. The van der Waals surface area contributed by atoms with Gasteiger partial charge in [0.25, 0.3) is 5.91 Å². The molecule has 0 spiro atoms. The third-order valence-corrected chi connectivity index (χ3v) is 3.15. The van der Waals surface area contributed by atoms with Gasteiger partial charge < -0.3 is 11.1 Å². The second-order valence-corrected chi connectivity index (χ2v) is 4.86. The quantitative estimate of drug-likeness (QED) is 0.886. The summed E-state index contributed by atoms with van der Waals surface area (Å²) >= 11 is 5.91. The van der Waals surface area contributed by atoms with E-state index in [1.807, 2.05) is 31.2 Å². The first-order valence-electron chi connectivity index (χ1n) is 6.45. The van der Waals surface area contributed by atoms with E-state index in [1.165, 1.54) is 0 Å². The second kappa shape index (κ2) is 6.43. The van der Waals surface area contributed by atoms with Crippen LogP contribution in [0, 0.1) is 0 Å². The van der Waals surface area contributed by atoms with E-state index in [0.29, 0.717) is 30.2 Å². The standard InChI is InChI=1S/C14H17ClN4O/c1-2-19-9-12(16)13(18-19)14(20)17-7-6-10-4-3-5-11(15)8-10/h3-5,8-9H,2,6-7,16H2,1H3,(H,17,20). The van der Waals surface area contributed by atoms with E-state index in [0.717, 1.165) is 5.56 Å². The van der Waals surface area contributed by atoms with E-state index < -0.39 is 0 Å². The summed E-state index contributed by atoms with van der Waals surface area (Å²) in [4.78, 5) is 12.0. The Balaban J connectivity index is 1.90. The molecule has 0 radical (unpaired) electrons. The molecular weight excluding hydrogens is 276 g/mol. The van der Waals surface area contributed by atoms with Gasteiger partial charge in [-0.25, -0.2) is 0 Å². The molecule has 1 aromatic heterocycles. The van der Waals surface area contributed by atoms with Crippen molar-refractivity contribution in [1.29, 1.82) is 0 Å². The lowest BCUT2D eigenvalue weighted by molar-refractivity contribution is 0.0949. The molecule has 106 valence electrons. The Morgan fingerprint density at radius 1 is 1.50 bits per heavy atom. The zero-order chi connectivity index (χ0) is 14.5. The number of hydrogen-bond acceptors (Lipinski definition) is 3. The average Bonchev–Trinajstić information content (AvgIpc) is 2.80. The number of anilines is 1. The molecule has 1 aromatic carbocycles. The van der Waals surface area contributed by atoms with Crippen LogP contribution in [0.1, 0.15) is 23.0 Å². The predicted octanol–water partition coefficient (Wildman–Crippen LogP) is 2.11. The SMILES string of the molecule is CCn1cc(N)c(C(=O)NCCc2cccc(Cl)c2)n1. The third-order valence-electron chi connectivity index (χ3n) is 2.92. The Bertz CT molecular complexity index is 609. The van der Waals surface area contributed by atoms with Crippen LogP contribution in [0.25, 0.3) is 0 Å². The van der Waals surface area contributed by atoms with Crippen LogP contribution in [0.4, 0.5) is 5.69 Å². The van der Waals surface area contributed by atoms with E-state index in [9.17, 15) is 4.79 Å². The summed E-state index contributed by atoms with van der Waals surface area (Å²) in [7, 11) is 0. The zero-order valence-corrected chi connectivity index (χ0v) is 12.0. The lowest BCUT2D eigenvalue weighted by Crippen LogP contribution is -2.27. The van der Waals surface area contributed by atoms with Gasteiger partial charge in [-0.15, -0.1) is 0 Å². The van der Waals surface area contributed by atoms with Crippen molar-refractivity contribution >= 4 is 23.2 Å². The first-order valence-corrected chi connectivity index (χ1v) is 6.83. The van der Waals surface area contributed by atoms with Crippen LogP contribution in [0.15, 0.2) is 30.5 Å². The van der Waals surface area contributed by atoms with Crippen LogP contribution < -0.4 is 11.1 Å². The fraction of sp³-hybridized carbons (Fsp3) is 0.286. The lowest BCUT2D eigenvalue weighted by atomic mass is 10.1. The van der Waals surface area contributed by atoms with E-state index in [-0.39, 0.29) is 11.6 Å². The van der Waals surface area contributed by atoms with Gasteiger partial charge in [0.15, 0.2) is 5.69 Å². The number of halogens is 1. The maximum absolute atomic E-state index is 12.0. The van der Waals surface area contributed by atoms with E-state index in [1.54, 1.807) is 10.9 Å². The monoisotopic (exact) mass is 292 g/mol. The van der Waals surface area contributed by atoms with Gasteiger partial charge in [-0.05, 0) is 31.0 Å². The molecule has 0 unspecified atom stereocenters. The number of nitrogen functional groups attached to an aromatic ring is 1. The highest BCUT2D eigenvalue weighted by molar-refractivity contribution is 6.30. The minimum atomic E-state index is -0.253. The molecule has 3 N–H and O–H groups in total. The van der Waals surface area contributed by atoms with Gasteiger partial charge >= 0.3 is 0 Å². The van der Waals surface area contributed by atoms with Crippen molar-refractivity contribution in [3.63, 3.8) is 0 Å². The Hall–Kier alpha value is -2.01. The first kappa shape index (κ1) is 14.4. The molecule has 0 aliphatic heterocycles. The van der Waals surface area contributed by atoms with Gasteiger partial charge in [0.05, 0.1) is 5.69 Å². The van der Waals surface area contributed by atoms with Gasteiger partial charge in [0, 0.05) is 24.3 Å². The van der Waals surface area contributed by atoms with Crippen LogP contribution in [0.5, 0.6) is 0 Å². The van der Waals surface area contributed by atoms with Crippen molar-refractivity contribution in [3.8, 4) is 0 Å². The van der Waals surface area contributed by atoms with Gasteiger partial charge in [-0.2, -0.15) is 5.10 Å². The summed E-state index contributed by atoms with van der Waals surface area (Å²) in [6, 6.07) is 7.56. The smallest absolute Gasteiger partial charge is 0.273 e. The Kier molecular flexibility index (Phi) is 4.63. The number of rotatable bonds is 5. The number of hydrogen-bond donors (Lipinski definition) is 2. The number of amides is 1. The molecule has 0 saturated carbocycles. The van der Waals surface area contributed by atoms with E-state index in [2.05, 4.69) is 10.4 Å². The number of carbonyl (C=O) groups is 1. The van der Waals surface area contributed by atoms with Crippen molar-refractivity contribution in [3.05, 3.63) is 46.7 Å². The number of aromatic nitrogens is 2. The minimum absolute atomic E-state index is 0.253. The molecule has 2 rings (SSSR count). The van der Waals surface area contributed by atoms with Crippen molar-refractivity contribution < 1.29 is 4.79 Å². The molecule has 0 saturated heterocycles. The van der Waals surface area contributed by atoms with E-state index in [4.69, 9.17) is 17.3 Å². The summed E-state index contributed by atoms with van der Waals surface area (Å²) in [6.45, 7) is 3.13. The van der Waals surface area contributed by atoms with Crippen LogP contribution in [-0.2, 0) is 13.0 Å². The Morgan fingerprint density at radius 3 is 2.95 bits per heavy atom. The first-order chi connectivity index (χ1) is 9.60. The lowest BCUT2D eigenvalue weighted by Gasteiger charge is -2.04. The topological polar surface area (TPSA) is 72.9 Å². The van der Waals surface area contributed by atoms with E-state index >= 15 is 0 Å². The molecule has 1 heterocycles. The Morgan fingerprint density at radius 2 is 2.30 bits per heavy atom. The maximum Gasteiger partial charge on any atom is 0.273 e. The highest BCUT2D eigenvalue weighted by atomic mass is 35.5. The highest BCUT2D eigenvalue weighted by Crippen LogP contribution is 2.11. The van der Waals surface area contributed by atoms with Crippen molar-refractivity contribution in [1.82, 2.24) is 15.1 Å². The number of aryl methyl sites for hydroxylation is 1. The van der Waals surface area contributed by atoms with Crippen LogP contribution in [0.3, 0.4) is 0 Å². The van der Waals surface area contributed by atoms with Crippen molar-refractivity contribution in [2.75, 3.05) is 12.3 Å². The third kappa shape index (κ3) is 3.51. The molecule has 0 aliphatic rings. The fourth-order valence-electron chi connectivity index (χ4n) is 1.87. The molecule has 0 aliphatic carbocycles. The highest BCUT2D eigenvalue weighted by Gasteiger charge is 2.13. The molecule has 0 bridgehead atoms. The van der Waals surface area contributed by atoms with Crippen molar-refractivity contribution in [2.24, 2.45) is 0 Å². The molecule has 2 aromatic rings. The summed E-state index contributed by atoms with van der Waals surface area (Å²) in [5, 5.41) is 7.63. The number of nitrogens with zero attached hydrogens (tertiary/aromatic N) is 2. The van der Waals surface area contributed by atoms with Gasteiger partial charge in [0.1, 0.15) is 0 Å². The molecule has 20 heavy (non-hydrogen) atoms. The number of nitrogens with two attached hydrogens (primary N) is 1. The summed E-state index contributed by atoms with van der Waals surface area (Å²) in [6.07, 6.45) is 2.37. The van der Waals surface area contributed by atoms with Crippen LogP contribution in [0.2, 0.25) is 5.02 Å². The molecule has 5 nitrogen and oxygen atoms in total. The predicted molar refractivity (Wildman–Crippen MR) is 79.8 cm³/mol. The summed E-state index contributed by atoms with van der Waals surface area (Å²) < 4.78 is 1.64. The van der Waals surface area contributed by atoms with Gasteiger partial charge in [0.2, 0.25) is 0 Å². The minimum Gasteiger partial charge on any atom is -0.396 e. The number of benzene rings is 1. The average molecular weight is 293 g/mol. The van der Waals surface area contributed by atoms with Gasteiger partial charge in [-0.1, -0.05) is 23.7 Å². The van der Waals surface area contributed by atoms with Crippen LogP contribution in [-0.4, -0.2) is 22.2 Å². The molecular formula is C14H17ClN4O. The van der Waals surface area contributed by atoms with Crippen LogP contribution >= 0.6 is 11.6 Å². The molecule has 6 heteroatoms. The normalized spacial score (nSPS) is 10.5. The number of carbonyl (C=O) groups excluding carboxylic acids is 1. The zero-order valence-electron chi connectivity index (χ0n) is 11.3. The van der Waals surface area contributed by atoms with Crippen molar-refractivity contribution in [2.45, 2.75) is 19.9 Å². The maximum atomic E-state index is 12.0. The summed E-state index contributed by atoms with van der Waals surface area (Å²) in [5.41, 5.74) is 7.50. The fourth-order valence-corrected chi connectivity index (χ4v) is 2.08.